The molecule has 0 radical (unpaired) electrons. The quantitative estimate of drug-likeness (QED) is 0.0321. The van der Waals surface area contributed by atoms with Gasteiger partial charge in [0.2, 0.25) is 5.91 Å². The number of rotatable bonds is 52. The first-order valence-corrected chi connectivity index (χ1v) is 27.9. The standard InChI is InChI=1S/C56H109NO5/c1-3-5-7-9-11-13-15-17-18-19-22-25-28-32-36-40-44-48-54(59)53(52-58)57-55(60)49-45-41-37-33-29-26-23-20-21-24-27-31-35-39-43-47-51-62-56(61)50-46-42-38-34-30-16-14-12-10-8-6-4-2/h20,23,53-54,58-59H,3-19,21-22,24-52H2,1-2H3,(H,57,60)/b23-20-. The summed E-state index contributed by atoms with van der Waals surface area (Å²) >= 11 is 0. The number of ether oxygens (including phenoxy) is 1. The van der Waals surface area contributed by atoms with Gasteiger partial charge in [0, 0.05) is 12.8 Å². The van der Waals surface area contributed by atoms with Crippen molar-refractivity contribution in [3.63, 3.8) is 0 Å². The summed E-state index contributed by atoms with van der Waals surface area (Å²) in [5.41, 5.74) is 0. The van der Waals surface area contributed by atoms with Crippen molar-refractivity contribution < 1.29 is 24.5 Å². The summed E-state index contributed by atoms with van der Waals surface area (Å²) in [4.78, 5) is 24.5. The molecule has 0 heterocycles. The van der Waals surface area contributed by atoms with Crippen LogP contribution in [-0.4, -0.2) is 47.4 Å². The highest BCUT2D eigenvalue weighted by molar-refractivity contribution is 5.76. The average molecular weight is 876 g/mol. The second-order valence-electron chi connectivity index (χ2n) is 19.3. The van der Waals surface area contributed by atoms with Crippen LogP contribution in [0.15, 0.2) is 12.2 Å². The summed E-state index contributed by atoms with van der Waals surface area (Å²) in [7, 11) is 0. The molecular weight excluding hydrogens is 767 g/mol. The zero-order valence-corrected chi connectivity index (χ0v) is 41.9. The topological polar surface area (TPSA) is 95.9 Å². The maximum atomic E-state index is 12.5. The van der Waals surface area contributed by atoms with Gasteiger partial charge in [0.1, 0.15) is 0 Å². The molecule has 1 amide bonds. The van der Waals surface area contributed by atoms with Gasteiger partial charge in [-0.25, -0.2) is 0 Å². The number of nitrogens with one attached hydrogen (secondary N) is 1. The van der Waals surface area contributed by atoms with Gasteiger partial charge in [-0.15, -0.1) is 0 Å². The number of carbonyl (C=O) groups is 2. The van der Waals surface area contributed by atoms with E-state index in [1.807, 2.05) is 0 Å². The van der Waals surface area contributed by atoms with Gasteiger partial charge in [-0.2, -0.15) is 0 Å². The Labute approximate surface area is 387 Å². The summed E-state index contributed by atoms with van der Waals surface area (Å²) < 4.78 is 5.46. The molecule has 0 aromatic heterocycles. The SMILES string of the molecule is CCCCCCCCCCCCCCCCCCCC(O)C(CO)NC(=O)CCCCCCC/C=C\CCCCCCCCCOC(=O)CCCCCCCCCCCCCC. The summed E-state index contributed by atoms with van der Waals surface area (Å²) in [6.45, 7) is 4.94. The van der Waals surface area contributed by atoms with Gasteiger partial charge in [-0.05, 0) is 51.4 Å². The molecule has 0 bridgehead atoms. The second-order valence-corrected chi connectivity index (χ2v) is 19.3. The fourth-order valence-corrected chi connectivity index (χ4v) is 8.75. The molecule has 3 N–H and O–H groups in total. The van der Waals surface area contributed by atoms with E-state index in [-0.39, 0.29) is 18.5 Å². The van der Waals surface area contributed by atoms with Crippen LogP contribution in [0, 0.1) is 0 Å². The normalized spacial score (nSPS) is 12.6. The molecule has 0 spiro atoms. The van der Waals surface area contributed by atoms with E-state index in [1.165, 1.54) is 212 Å². The van der Waals surface area contributed by atoms with Crippen molar-refractivity contribution in [2.45, 2.75) is 321 Å². The van der Waals surface area contributed by atoms with E-state index in [0.29, 0.717) is 25.9 Å². The molecule has 0 saturated carbocycles. The Balaban J connectivity index is 3.46. The van der Waals surface area contributed by atoms with E-state index >= 15 is 0 Å². The van der Waals surface area contributed by atoms with Gasteiger partial charge < -0.3 is 20.3 Å². The van der Waals surface area contributed by atoms with Gasteiger partial charge in [0.15, 0.2) is 0 Å². The van der Waals surface area contributed by atoms with Crippen LogP contribution >= 0.6 is 0 Å². The number of aliphatic hydroxyl groups excluding tert-OH is 2. The van der Waals surface area contributed by atoms with Crippen molar-refractivity contribution in [3.8, 4) is 0 Å². The molecule has 0 aromatic rings. The molecule has 0 saturated heterocycles. The Kier molecular flexibility index (Phi) is 51.0. The number of carbonyl (C=O) groups excluding carboxylic acids is 2. The van der Waals surface area contributed by atoms with Gasteiger partial charge in [0.25, 0.3) is 0 Å². The van der Waals surface area contributed by atoms with Crippen molar-refractivity contribution in [2.75, 3.05) is 13.2 Å². The van der Waals surface area contributed by atoms with Gasteiger partial charge in [0.05, 0.1) is 25.4 Å². The molecule has 368 valence electrons. The number of amides is 1. The number of hydrogen-bond donors (Lipinski definition) is 3. The number of allylic oxidation sites excluding steroid dienone is 2. The van der Waals surface area contributed by atoms with Gasteiger partial charge in [-0.3, -0.25) is 9.59 Å². The van der Waals surface area contributed by atoms with Crippen LogP contribution in [0.4, 0.5) is 0 Å². The third-order valence-corrected chi connectivity index (χ3v) is 13.1. The van der Waals surface area contributed by atoms with Crippen LogP contribution in [0.3, 0.4) is 0 Å². The van der Waals surface area contributed by atoms with E-state index in [4.69, 9.17) is 4.74 Å². The highest BCUT2D eigenvalue weighted by Crippen LogP contribution is 2.17. The lowest BCUT2D eigenvalue weighted by Crippen LogP contribution is -2.45. The predicted molar refractivity (Wildman–Crippen MR) is 269 cm³/mol. The monoisotopic (exact) mass is 876 g/mol. The zero-order valence-electron chi connectivity index (χ0n) is 41.9. The summed E-state index contributed by atoms with van der Waals surface area (Å²) in [5, 5.41) is 23.3. The third kappa shape index (κ3) is 48.1. The highest BCUT2D eigenvalue weighted by Gasteiger charge is 2.20. The minimum absolute atomic E-state index is 0.00163. The Morgan fingerprint density at radius 3 is 1.15 bits per heavy atom. The number of aliphatic hydroxyl groups is 2. The summed E-state index contributed by atoms with van der Waals surface area (Å²) in [6.07, 6.45) is 60.5. The van der Waals surface area contributed by atoms with E-state index in [9.17, 15) is 19.8 Å². The fourth-order valence-electron chi connectivity index (χ4n) is 8.75. The van der Waals surface area contributed by atoms with E-state index in [0.717, 1.165) is 64.2 Å². The lowest BCUT2D eigenvalue weighted by atomic mass is 10.0. The molecule has 0 fully saturated rings. The lowest BCUT2D eigenvalue weighted by Gasteiger charge is -2.22. The molecule has 2 unspecified atom stereocenters. The van der Waals surface area contributed by atoms with Crippen molar-refractivity contribution in [3.05, 3.63) is 12.2 Å². The van der Waals surface area contributed by atoms with Crippen LogP contribution in [0.2, 0.25) is 0 Å². The smallest absolute Gasteiger partial charge is 0.305 e. The molecule has 0 aromatic carbocycles. The number of esters is 1. The third-order valence-electron chi connectivity index (χ3n) is 13.1. The number of unbranched alkanes of at least 4 members (excludes halogenated alkanes) is 39. The Morgan fingerprint density at radius 1 is 0.435 bits per heavy atom. The Bertz CT molecular complexity index is 924. The molecule has 6 nitrogen and oxygen atoms in total. The van der Waals surface area contributed by atoms with Crippen molar-refractivity contribution in [2.24, 2.45) is 0 Å². The minimum Gasteiger partial charge on any atom is -0.466 e. The molecule has 62 heavy (non-hydrogen) atoms. The first kappa shape index (κ1) is 60.6. The van der Waals surface area contributed by atoms with Crippen molar-refractivity contribution in [1.82, 2.24) is 5.32 Å². The lowest BCUT2D eigenvalue weighted by molar-refractivity contribution is -0.143. The van der Waals surface area contributed by atoms with Crippen molar-refractivity contribution in [1.29, 1.82) is 0 Å². The molecule has 0 aliphatic rings. The largest absolute Gasteiger partial charge is 0.466 e. The van der Waals surface area contributed by atoms with E-state index in [2.05, 4.69) is 31.3 Å². The molecule has 0 rings (SSSR count). The molecule has 0 aliphatic heterocycles. The van der Waals surface area contributed by atoms with Crippen molar-refractivity contribution >= 4 is 11.9 Å². The molecular formula is C56H109NO5. The van der Waals surface area contributed by atoms with E-state index in [1.54, 1.807) is 0 Å². The maximum absolute atomic E-state index is 12.5. The predicted octanol–water partition coefficient (Wildman–Crippen LogP) is 16.9. The van der Waals surface area contributed by atoms with E-state index < -0.39 is 12.1 Å². The Morgan fingerprint density at radius 2 is 0.758 bits per heavy atom. The Hall–Kier alpha value is -1.40. The maximum Gasteiger partial charge on any atom is 0.305 e. The first-order valence-electron chi connectivity index (χ1n) is 27.9. The van der Waals surface area contributed by atoms with Crippen LogP contribution < -0.4 is 5.32 Å². The van der Waals surface area contributed by atoms with Crippen LogP contribution in [-0.2, 0) is 14.3 Å². The average Bonchev–Trinajstić information content (AvgIpc) is 3.27. The van der Waals surface area contributed by atoms with Gasteiger partial charge >= 0.3 is 5.97 Å². The first-order chi connectivity index (χ1) is 30.5. The molecule has 2 atom stereocenters. The summed E-state index contributed by atoms with van der Waals surface area (Å²) in [6, 6.07) is -0.553. The van der Waals surface area contributed by atoms with Crippen LogP contribution in [0.25, 0.3) is 0 Å². The minimum atomic E-state index is -0.674. The van der Waals surface area contributed by atoms with Crippen LogP contribution in [0.5, 0.6) is 0 Å². The highest BCUT2D eigenvalue weighted by atomic mass is 16.5. The molecule has 6 heteroatoms. The van der Waals surface area contributed by atoms with Gasteiger partial charge in [-0.1, -0.05) is 257 Å². The second kappa shape index (κ2) is 52.2. The summed E-state index contributed by atoms with van der Waals surface area (Å²) in [5.74, 6) is -0.0513. The van der Waals surface area contributed by atoms with Crippen LogP contribution in [0.1, 0.15) is 309 Å². The number of hydrogen-bond acceptors (Lipinski definition) is 5. The zero-order chi connectivity index (χ0) is 45.1. The fraction of sp³-hybridized carbons (Fsp3) is 0.929. The molecule has 0 aliphatic carbocycles.